The number of nitrogens with two attached hydrogens (primary N) is 1. The molecule has 5 heteroatoms. The number of benzene rings is 2. The molecule has 0 atom stereocenters. The van der Waals surface area contributed by atoms with Gasteiger partial charge in [-0.1, -0.05) is 17.7 Å². The average molecular weight is 263 g/mol. The molecule has 0 saturated carbocycles. The van der Waals surface area contributed by atoms with E-state index in [9.17, 15) is 4.39 Å². The van der Waals surface area contributed by atoms with Gasteiger partial charge >= 0.3 is 0 Å². The van der Waals surface area contributed by atoms with Gasteiger partial charge in [0.05, 0.1) is 5.02 Å². The highest BCUT2D eigenvalue weighted by atomic mass is 35.5. The Hall–Kier alpha value is -2.25. The van der Waals surface area contributed by atoms with Gasteiger partial charge in [0.15, 0.2) is 11.6 Å². The van der Waals surface area contributed by atoms with Crippen LogP contribution in [0.1, 0.15) is 5.56 Å². The molecule has 0 aliphatic rings. The highest BCUT2D eigenvalue weighted by molar-refractivity contribution is 6.31. The molecule has 0 heterocycles. The summed E-state index contributed by atoms with van der Waals surface area (Å²) in [6, 6.07) is 10.7. The fourth-order valence-electron chi connectivity index (χ4n) is 1.42. The quantitative estimate of drug-likeness (QED) is 0.839. The van der Waals surface area contributed by atoms with Gasteiger partial charge in [-0.15, -0.1) is 0 Å². The molecule has 0 radical (unpaired) electrons. The van der Waals surface area contributed by atoms with Gasteiger partial charge in [-0.2, -0.15) is 5.26 Å². The fraction of sp³-hybridized carbons (Fsp3) is 0. The van der Waals surface area contributed by atoms with Crippen LogP contribution in [0.4, 0.5) is 10.1 Å². The Morgan fingerprint density at radius 3 is 2.67 bits per heavy atom. The summed E-state index contributed by atoms with van der Waals surface area (Å²) >= 11 is 5.84. The minimum Gasteiger partial charge on any atom is -0.453 e. The maximum atomic E-state index is 13.6. The van der Waals surface area contributed by atoms with Crippen molar-refractivity contribution in [2.75, 3.05) is 5.73 Å². The van der Waals surface area contributed by atoms with E-state index in [0.717, 1.165) is 6.07 Å². The molecule has 90 valence electrons. The zero-order chi connectivity index (χ0) is 13.1. The van der Waals surface area contributed by atoms with Crippen LogP contribution in [0.15, 0.2) is 36.4 Å². The Morgan fingerprint density at radius 2 is 2.00 bits per heavy atom. The molecular formula is C13H8ClFN2O. The number of hydrogen-bond donors (Lipinski definition) is 1. The highest BCUT2D eigenvalue weighted by Crippen LogP contribution is 2.31. The second-order valence-corrected chi connectivity index (χ2v) is 3.92. The lowest BCUT2D eigenvalue weighted by molar-refractivity contribution is 0.441. The molecule has 0 spiro atoms. The van der Waals surface area contributed by atoms with E-state index in [0.29, 0.717) is 5.69 Å². The van der Waals surface area contributed by atoms with Crippen molar-refractivity contribution < 1.29 is 9.13 Å². The molecule has 18 heavy (non-hydrogen) atoms. The number of halogens is 2. The first kappa shape index (κ1) is 12.2. The minimum absolute atomic E-state index is 0.0111. The summed E-state index contributed by atoms with van der Waals surface area (Å²) in [5.74, 6) is -0.407. The predicted molar refractivity (Wildman–Crippen MR) is 67.1 cm³/mol. The Balaban J connectivity index is 2.41. The van der Waals surface area contributed by atoms with Crippen molar-refractivity contribution in [1.82, 2.24) is 0 Å². The van der Waals surface area contributed by atoms with Crippen molar-refractivity contribution in [2.24, 2.45) is 0 Å². The third kappa shape index (κ3) is 2.36. The van der Waals surface area contributed by atoms with Gasteiger partial charge in [0.2, 0.25) is 0 Å². The van der Waals surface area contributed by atoms with Gasteiger partial charge in [-0.05, 0) is 24.3 Å². The van der Waals surface area contributed by atoms with Gasteiger partial charge in [-0.25, -0.2) is 4.39 Å². The maximum absolute atomic E-state index is 13.6. The van der Waals surface area contributed by atoms with Gasteiger partial charge in [0.1, 0.15) is 17.4 Å². The van der Waals surface area contributed by atoms with E-state index in [2.05, 4.69) is 0 Å². The molecule has 2 aromatic carbocycles. The minimum atomic E-state index is -0.598. The molecule has 0 aliphatic heterocycles. The summed E-state index contributed by atoms with van der Waals surface area (Å²) in [6.07, 6.45) is 0. The van der Waals surface area contributed by atoms with E-state index in [1.807, 2.05) is 6.07 Å². The largest absolute Gasteiger partial charge is 0.453 e. The van der Waals surface area contributed by atoms with Crippen LogP contribution in [0.3, 0.4) is 0 Å². The van der Waals surface area contributed by atoms with Crippen LogP contribution < -0.4 is 10.5 Å². The van der Waals surface area contributed by atoms with Crippen molar-refractivity contribution >= 4 is 17.3 Å². The normalized spacial score (nSPS) is 9.83. The molecule has 3 nitrogen and oxygen atoms in total. The van der Waals surface area contributed by atoms with Crippen LogP contribution in [0.2, 0.25) is 5.02 Å². The lowest BCUT2D eigenvalue weighted by Crippen LogP contribution is -1.93. The smallest absolute Gasteiger partial charge is 0.167 e. The van der Waals surface area contributed by atoms with Crippen molar-refractivity contribution in [3.63, 3.8) is 0 Å². The lowest BCUT2D eigenvalue weighted by Gasteiger charge is -2.09. The Morgan fingerprint density at radius 1 is 1.22 bits per heavy atom. The molecule has 2 N–H and O–H groups in total. The van der Waals surface area contributed by atoms with E-state index in [1.54, 1.807) is 18.2 Å². The Labute approximate surface area is 108 Å². The first-order valence-corrected chi connectivity index (χ1v) is 5.41. The first-order valence-electron chi connectivity index (χ1n) is 5.03. The number of rotatable bonds is 2. The fourth-order valence-corrected chi connectivity index (χ4v) is 1.62. The van der Waals surface area contributed by atoms with E-state index in [4.69, 9.17) is 27.3 Å². The van der Waals surface area contributed by atoms with Crippen molar-refractivity contribution in [2.45, 2.75) is 0 Å². The zero-order valence-electron chi connectivity index (χ0n) is 9.15. The number of nitrogen functional groups attached to an aromatic ring is 1. The zero-order valence-corrected chi connectivity index (χ0v) is 9.91. The van der Waals surface area contributed by atoms with Gasteiger partial charge in [0, 0.05) is 11.8 Å². The lowest BCUT2D eigenvalue weighted by atomic mass is 10.2. The van der Waals surface area contributed by atoms with E-state index in [1.165, 1.54) is 12.1 Å². The van der Waals surface area contributed by atoms with Crippen LogP contribution in [-0.2, 0) is 0 Å². The molecular weight excluding hydrogens is 255 g/mol. The molecule has 0 amide bonds. The SMILES string of the molecule is N#Cc1c(Cl)cccc1Oc1ccc(N)cc1F. The van der Waals surface area contributed by atoms with Crippen LogP contribution in [0.25, 0.3) is 0 Å². The summed E-state index contributed by atoms with van der Waals surface area (Å²) in [4.78, 5) is 0. The predicted octanol–water partition coefficient (Wildman–Crippen LogP) is 3.73. The van der Waals surface area contributed by atoms with Gasteiger partial charge < -0.3 is 10.5 Å². The molecule has 2 aromatic rings. The van der Waals surface area contributed by atoms with E-state index < -0.39 is 5.82 Å². The Bertz CT molecular complexity index is 637. The van der Waals surface area contributed by atoms with Crippen LogP contribution in [0, 0.1) is 17.1 Å². The van der Waals surface area contributed by atoms with Crippen molar-refractivity contribution in [3.05, 3.63) is 52.8 Å². The third-order valence-corrected chi connectivity index (χ3v) is 2.58. The molecule has 2 rings (SSSR count). The number of nitrogens with zero attached hydrogens (tertiary/aromatic N) is 1. The third-order valence-electron chi connectivity index (χ3n) is 2.26. The highest BCUT2D eigenvalue weighted by Gasteiger charge is 2.11. The van der Waals surface area contributed by atoms with Gasteiger partial charge in [-0.3, -0.25) is 0 Å². The number of hydrogen-bond acceptors (Lipinski definition) is 3. The van der Waals surface area contributed by atoms with Gasteiger partial charge in [0.25, 0.3) is 0 Å². The van der Waals surface area contributed by atoms with Crippen LogP contribution in [0.5, 0.6) is 11.5 Å². The summed E-state index contributed by atoms with van der Waals surface area (Å²) in [5, 5.41) is 9.22. The molecule has 0 aliphatic carbocycles. The summed E-state index contributed by atoms with van der Waals surface area (Å²) in [5.41, 5.74) is 5.89. The average Bonchev–Trinajstić information content (AvgIpc) is 2.33. The van der Waals surface area contributed by atoms with Crippen molar-refractivity contribution in [1.29, 1.82) is 5.26 Å². The number of ether oxygens (including phenoxy) is 1. The first-order chi connectivity index (χ1) is 8.61. The molecule has 0 fully saturated rings. The topological polar surface area (TPSA) is 59.0 Å². The molecule has 0 saturated heterocycles. The second-order valence-electron chi connectivity index (χ2n) is 3.52. The molecule has 0 bridgehead atoms. The molecule has 0 aromatic heterocycles. The number of nitriles is 1. The Kier molecular flexibility index (Phi) is 3.35. The summed E-state index contributed by atoms with van der Waals surface area (Å²) < 4.78 is 18.9. The maximum Gasteiger partial charge on any atom is 0.167 e. The van der Waals surface area contributed by atoms with Crippen LogP contribution in [-0.4, -0.2) is 0 Å². The van der Waals surface area contributed by atoms with Crippen LogP contribution >= 0.6 is 11.6 Å². The second kappa shape index (κ2) is 4.94. The summed E-state index contributed by atoms with van der Waals surface area (Å²) in [7, 11) is 0. The van der Waals surface area contributed by atoms with E-state index in [-0.39, 0.29) is 22.1 Å². The van der Waals surface area contributed by atoms with E-state index >= 15 is 0 Å². The number of anilines is 1. The monoisotopic (exact) mass is 262 g/mol. The summed E-state index contributed by atoms with van der Waals surface area (Å²) in [6.45, 7) is 0. The van der Waals surface area contributed by atoms with Crippen molar-refractivity contribution in [3.8, 4) is 17.6 Å². The molecule has 0 unspecified atom stereocenters. The standard InChI is InChI=1S/C13H8ClFN2O/c14-10-2-1-3-12(9(10)7-16)18-13-5-4-8(17)6-11(13)15/h1-6H,17H2.